The lowest BCUT2D eigenvalue weighted by Gasteiger charge is -2.28. The maximum atomic E-state index is 12.6. The highest BCUT2D eigenvalue weighted by Crippen LogP contribution is 2.29. The molecule has 2 heterocycles. The van der Waals surface area contributed by atoms with Crippen LogP contribution in [0.15, 0.2) is 30.5 Å². The molecular formula is C22H25ClN4O2. The van der Waals surface area contributed by atoms with E-state index in [2.05, 4.69) is 15.3 Å². The summed E-state index contributed by atoms with van der Waals surface area (Å²) in [6.45, 7) is 1.21. The standard InChI is InChI=1S/C22H25ClN4O2/c23-18-8-6-16(7-9-18)21(29)26-22-24-13-17-14-27(12-11-19(17)25-22)20(28)10-5-15-3-1-2-4-15/h6-9,13,15H,1-5,10-12,14H2,(H,24,25,26,29). The number of halogens is 1. The van der Waals surface area contributed by atoms with E-state index in [1.807, 2.05) is 4.90 Å². The first-order valence-corrected chi connectivity index (χ1v) is 10.7. The number of carbonyl (C=O) groups excluding carboxylic acids is 2. The third-order valence-corrected chi connectivity index (χ3v) is 6.11. The largest absolute Gasteiger partial charge is 0.338 e. The summed E-state index contributed by atoms with van der Waals surface area (Å²) in [6.07, 6.45) is 9.20. The summed E-state index contributed by atoms with van der Waals surface area (Å²) in [5.74, 6) is 0.958. The number of amides is 2. The highest BCUT2D eigenvalue weighted by Gasteiger charge is 2.24. The van der Waals surface area contributed by atoms with Crippen molar-refractivity contribution in [2.45, 2.75) is 51.5 Å². The quantitative estimate of drug-likeness (QED) is 0.797. The van der Waals surface area contributed by atoms with Crippen molar-refractivity contribution in [1.29, 1.82) is 0 Å². The van der Waals surface area contributed by atoms with Gasteiger partial charge in [-0.3, -0.25) is 14.9 Å². The Kier molecular flexibility index (Phi) is 6.09. The van der Waals surface area contributed by atoms with Crippen molar-refractivity contribution in [3.05, 3.63) is 52.3 Å². The van der Waals surface area contributed by atoms with E-state index in [-0.39, 0.29) is 17.8 Å². The van der Waals surface area contributed by atoms with Crippen LogP contribution in [0.3, 0.4) is 0 Å². The van der Waals surface area contributed by atoms with Gasteiger partial charge >= 0.3 is 0 Å². The lowest BCUT2D eigenvalue weighted by molar-refractivity contribution is -0.132. The molecular weight excluding hydrogens is 388 g/mol. The molecule has 1 aromatic carbocycles. The van der Waals surface area contributed by atoms with Crippen LogP contribution in [0, 0.1) is 5.92 Å². The SMILES string of the molecule is O=C(Nc1ncc2c(n1)CCN(C(=O)CCC1CCCC1)C2)c1ccc(Cl)cc1. The van der Waals surface area contributed by atoms with Gasteiger partial charge < -0.3 is 4.90 Å². The van der Waals surface area contributed by atoms with Crippen LogP contribution >= 0.6 is 11.6 Å². The smallest absolute Gasteiger partial charge is 0.258 e. The normalized spacial score (nSPS) is 16.5. The Bertz CT molecular complexity index is 894. The minimum atomic E-state index is -0.277. The third kappa shape index (κ3) is 4.93. The van der Waals surface area contributed by atoms with Gasteiger partial charge in [-0.1, -0.05) is 37.3 Å². The second kappa shape index (κ2) is 8.91. The van der Waals surface area contributed by atoms with Gasteiger partial charge in [-0.2, -0.15) is 0 Å². The summed E-state index contributed by atoms with van der Waals surface area (Å²) in [5, 5.41) is 3.31. The lowest BCUT2D eigenvalue weighted by atomic mass is 10.0. The molecule has 0 unspecified atom stereocenters. The third-order valence-electron chi connectivity index (χ3n) is 5.86. The molecule has 2 amide bonds. The van der Waals surface area contributed by atoms with Crippen LogP contribution in [0.5, 0.6) is 0 Å². The van der Waals surface area contributed by atoms with Crippen molar-refractivity contribution < 1.29 is 9.59 Å². The minimum absolute atomic E-state index is 0.225. The number of benzene rings is 1. The molecule has 0 bridgehead atoms. The van der Waals surface area contributed by atoms with Gasteiger partial charge in [0.15, 0.2) is 0 Å². The molecule has 1 fully saturated rings. The first-order valence-electron chi connectivity index (χ1n) is 10.3. The van der Waals surface area contributed by atoms with E-state index in [0.717, 1.165) is 23.6 Å². The first-order chi connectivity index (χ1) is 14.1. The minimum Gasteiger partial charge on any atom is -0.338 e. The number of hydrogen-bond acceptors (Lipinski definition) is 4. The second-order valence-electron chi connectivity index (χ2n) is 7.88. The molecule has 2 aromatic rings. The number of carbonyl (C=O) groups is 2. The second-order valence-corrected chi connectivity index (χ2v) is 8.32. The van der Waals surface area contributed by atoms with E-state index in [1.165, 1.54) is 25.7 Å². The van der Waals surface area contributed by atoms with Gasteiger partial charge in [-0.25, -0.2) is 9.97 Å². The van der Waals surface area contributed by atoms with Crippen LogP contribution in [-0.4, -0.2) is 33.2 Å². The van der Waals surface area contributed by atoms with Crippen LogP contribution in [0.1, 0.15) is 60.1 Å². The van der Waals surface area contributed by atoms with E-state index < -0.39 is 0 Å². The molecule has 1 saturated carbocycles. The molecule has 1 aliphatic carbocycles. The van der Waals surface area contributed by atoms with E-state index in [4.69, 9.17) is 11.6 Å². The zero-order valence-corrected chi connectivity index (χ0v) is 17.1. The average molecular weight is 413 g/mol. The number of aromatic nitrogens is 2. The predicted octanol–water partition coefficient (Wildman–Crippen LogP) is 4.24. The Morgan fingerprint density at radius 1 is 1.17 bits per heavy atom. The van der Waals surface area contributed by atoms with E-state index in [0.29, 0.717) is 36.5 Å². The highest BCUT2D eigenvalue weighted by atomic mass is 35.5. The number of rotatable bonds is 5. The predicted molar refractivity (Wildman–Crippen MR) is 112 cm³/mol. The number of nitrogens with one attached hydrogen (secondary N) is 1. The number of nitrogens with zero attached hydrogens (tertiary/aromatic N) is 3. The van der Waals surface area contributed by atoms with Crippen LogP contribution in [0.25, 0.3) is 0 Å². The van der Waals surface area contributed by atoms with Gasteiger partial charge in [0.1, 0.15) is 0 Å². The molecule has 0 atom stereocenters. The van der Waals surface area contributed by atoms with Crippen molar-refractivity contribution in [2.75, 3.05) is 11.9 Å². The molecule has 152 valence electrons. The van der Waals surface area contributed by atoms with Crippen molar-refractivity contribution in [3.8, 4) is 0 Å². The topological polar surface area (TPSA) is 75.2 Å². The number of anilines is 1. The van der Waals surface area contributed by atoms with Crippen molar-refractivity contribution in [1.82, 2.24) is 14.9 Å². The zero-order chi connectivity index (χ0) is 20.2. The molecule has 2 aliphatic rings. The Morgan fingerprint density at radius 3 is 2.69 bits per heavy atom. The highest BCUT2D eigenvalue weighted by molar-refractivity contribution is 6.30. The molecule has 1 aromatic heterocycles. The van der Waals surface area contributed by atoms with Crippen LogP contribution in [0.2, 0.25) is 5.02 Å². The molecule has 1 aliphatic heterocycles. The summed E-state index contributed by atoms with van der Waals surface area (Å²) in [4.78, 5) is 35.6. The van der Waals surface area contributed by atoms with Gasteiger partial charge in [0.2, 0.25) is 11.9 Å². The molecule has 6 nitrogen and oxygen atoms in total. The fourth-order valence-electron chi connectivity index (χ4n) is 4.15. The van der Waals surface area contributed by atoms with E-state index in [9.17, 15) is 9.59 Å². The van der Waals surface area contributed by atoms with Gasteiger partial charge in [0.25, 0.3) is 5.91 Å². The zero-order valence-electron chi connectivity index (χ0n) is 16.4. The molecule has 7 heteroatoms. The Hall–Kier alpha value is -2.47. The molecule has 0 radical (unpaired) electrons. The van der Waals surface area contributed by atoms with Crippen LogP contribution in [0.4, 0.5) is 5.95 Å². The van der Waals surface area contributed by atoms with E-state index >= 15 is 0 Å². The van der Waals surface area contributed by atoms with Gasteiger partial charge in [-0.05, 0) is 36.6 Å². The first kappa shape index (κ1) is 19.8. The fraction of sp³-hybridized carbons (Fsp3) is 0.455. The van der Waals surface area contributed by atoms with Crippen molar-refractivity contribution in [2.24, 2.45) is 5.92 Å². The lowest BCUT2D eigenvalue weighted by Crippen LogP contribution is -2.36. The van der Waals surface area contributed by atoms with Crippen LogP contribution in [-0.2, 0) is 17.8 Å². The van der Waals surface area contributed by atoms with Crippen LogP contribution < -0.4 is 5.32 Å². The Balaban J connectivity index is 1.34. The summed E-state index contributed by atoms with van der Waals surface area (Å²) >= 11 is 5.86. The van der Waals surface area contributed by atoms with Crippen molar-refractivity contribution in [3.63, 3.8) is 0 Å². The average Bonchev–Trinajstić information content (AvgIpc) is 3.25. The monoisotopic (exact) mass is 412 g/mol. The maximum Gasteiger partial charge on any atom is 0.258 e. The summed E-state index contributed by atoms with van der Waals surface area (Å²) in [7, 11) is 0. The van der Waals surface area contributed by atoms with Crippen molar-refractivity contribution >= 4 is 29.4 Å². The van der Waals surface area contributed by atoms with Gasteiger partial charge in [-0.15, -0.1) is 0 Å². The van der Waals surface area contributed by atoms with Gasteiger partial charge in [0.05, 0.1) is 5.69 Å². The van der Waals surface area contributed by atoms with E-state index in [1.54, 1.807) is 30.5 Å². The molecule has 4 rings (SSSR count). The van der Waals surface area contributed by atoms with Gasteiger partial charge in [0, 0.05) is 48.3 Å². The summed E-state index contributed by atoms with van der Waals surface area (Å²) in [5.41, 5.74) is 2.34. The Morgan fingerprint density at radius 2 is 1.93 bits per heavy atom. The molecule has 0 saturated heterocycles. The number of hydrogen-bond donors (Lipinski definition) is 1. The summed E-state index contributed by atoms with van der Waals surface area (Å²) in [6, 6.07) is 6.65. The maximum absolute atomic E-state index is 12.6. The Labute approximate surface area is 175 Å². The number of fused-ring (bicyclic) bond motifs is 1. The molecule has 29 heavy (non-hydrogen) atoms. The summed E-state index contributed by atoms with van der Waals surface area (Å²) < 4.78 is 0. The molecule has 1 N–H and O–H groups in total. The molecule has 0 spiro atoms. The fourth-order valence-corrected chi connectivity index (χ4v) is 4.27.